The minimum atomic E-state index is -0.506. The lowest BCUT2D eigenvalue weighted by Gasteiger charge is -2.13. The number of benzene rings is 3. The van der Waals surface area contributed by atoms with Crippen LogP contribution in [0, 0.1) is 19.7 Å². The molecule has 0 fully saturated rings. The van der Waals surface area contributed by atoms with E-state index in [0.717, 1.165) is 16.7 Å². The van der Waals surface area contributed by atoms with Crippen LogP contribution < -0.4 is 9.47 Å². The molecule has 3 aromatic carbocycles. The molecule has 168 valence electrons. The summed E-state index contributed by atoms with van der Waals surface area (Å²) in [5, 5.41) is 0. The second-order valence-electron chi connectivity index (χ2n) is 7.99. The van der Waals surface area contributed by atoms with E-state index < -0.39 is 11.9 Å². The summed E-state index contributed by atoms with van der Waals surface area (Å²) in [5.41, 5.74) is 4.90. The van der Waals surface area contributed by atoms with E-state index >= 15 is 4.39 Å². The molecule has 33 heavy (non-hydrogen) atoms. The predicted molar refractivity (Wildman–Crippen MR) is 128 cm³/mol. The first-order valence-corrected chi connectivity index (χ1v) is 10.3. The molecule has 3 aromatic rings. The van der Waals surface area contributed by atoms with Crippen LogP contribution in [0.1, 0.15) is 25.0 Å². The molecule has 0 aliphatic rings. The van der Waals surface area contributed by atoms with Crippen molar-refractivity contribution < 1.29 is 23.5 Å². The number of carbonyl (C=O) groups is 2. The van der Waals surface area contributed by atoms with Gasteiger partial charge in [-0.1, -0.05) is 37.4 Å². The van der Waals surface area contributed by atoms with Gasteiger partial charge in [-0.3, -0.25) is 0 Å². The van der Waals surface area contributed by atoms with Gasteiger partial charge in [-0.05, 0) is 85.8 Å². The molecule has 0 radical (unpaired) electrons. The van der Waals surface area contributed by atoms with Gasteiger partial charge in [0.2, 0.25) is 0 Å². The number of ether oxygens (including phenoxy) is 2. The maximum absolute atomic E-state index is 15.1. The normalized spacial score (nSPS) is 10.5. The lowest BCUT2D eigenvalue weighted by atomic mass is 9.95. The Bertz CT molecular complexity index is 1290. The molecule has 5 heteroatoms. The van der Waals surface area contributed by atoms with E-state index in [1.54, 1.807) is 56.3 Å². The van der Waals surface area contributed by atoms with Crippen LogP contribution in [0.4, 0.5) is 4.39 Å². The molecule has 0 aliphatic carbocycles. The number of hydrogen-bond donors (Lipinski definition) is 0. The van der Waals surface area contributed by atoms with Crippen molar-refractivity contribution in [1.82, 2.24) is 0 Å². The Balaban J connectivity index is 1.87. The Morgan fingerprint density at radius 3 is 1.58 bits per heavy atom. The zero-order chi connectivity index (χ0) is 24.3. The number of rotatable bonds is 6. The Morgan fingerprint density at radius 2 is 1.15 bits per heavy atom. The molecule has 0 amide bonds. The molecule has 0 atom stereocenters. The molecule has 3 rings (SSSR count). The Morgan fingerprint density at radius 1 is 0.697 bits per heavy atom. The van der Waals surface area contributed by atoms with Gasteiger partial charge in [0.25, 0.3) is 0 Å². The molecule has 0 saturated heterocycles. The fraction of sp³-hybridized carbons (Fsp3) is 0.143. The molecule has 0 N–H and O–H groups in total. The summed E-state index contributed by atoms with van der Waals surface area (Å²) in [7, 11) is 0. The van der Waals surface area contributed by atoms with Gasteiger partial charge in [-0.2, -0.15) is 0 Å². The number of carbonyl (C=O) groups excluding carboxylic acids is 2. The second-order valence-corrected chi connectivity index (χ2v) is 7.99. The number of halogens is 1. The van der Waals surface area contributed by atoms with Crippen LogP contribution in [0.15, 0.2) is 78.9 Å². The number of aryl methyl sites for hydroxylation is 2. The monoisotopic (exact) mass is 444 g/mol. The molecule has 0 bridgehead atoms. The van der Waals surface area contributed by atoms with Gasteiger partial charge in [0, 0.05) is 16.7 Å². The molecular formula is C28H25FO4. The fourth-order valence-electron chi connectivity index (χ4n) is 3.31. The van der Waals surface area contributed by atoms with Crippen molar-refractivity contribution in [3.8, 4) is 33.8 Å². The first-order valence-electron chi connectivity index (χ1n) is 10.3. The molecule has 0 spiro atoms. The van der Waals surface area contributed by atoms with Gasteiger partial charge >= 0.3 is 11.9 Å². The smallest absolute Gasteiger partial charge is 0.338 e. The van der Waals surface area contributed by atoms with E-state index in [1.807, 2.05) is 19.9 Å². The first-order chi connectivity index (χ1) is 15.6. The van der Waals surface area contributed by atoms with Crippen LogP contribution in [-0.2, 0) is 9.59 Å². The summed E-state index contributed by atoms with van der Waals surface area (Å²) >= 11 is 0. The van der Waals surface area contributed by atoms with E-state index in [9.17, 15) is 9.59 Å². The molecule has 4 nitrogen and oxygen atoms in total. The highest BCUT2D eigenvalue weighted by Gasteiger charge is 2.14. The minimum absolute atomic E-state index is 0.302. The van der Waals surface area contributed by atoms with Crippen LogP contribution >= 0.6 is 0 Å². The summed E-state index contributed by atoms with van der Waals surface area (Å²) in [6.07, 6.45) is 0. The van der Waals surface area contributed by atoms with E-state index in [-0.39, 0.29) is 5.82 Å². The lowest BCUT2D eigenvalue weighted by Crippen LogP contribution is -2.08. The highest BCUT2D eigenvalue weighted by Crippen LogP contribution is 2.33. The summed E-state index contributed by atoms with van der Waals surface area (Å²) in [4.78, 5) is 23.5. The Hall–Kier alpha value is -3.99. The summed E-state index contributed by atoms with van der Waals surface area (Å²) in [6.45, 7) is 14.0. The van der Waals surface area contributed by atoms with Crippen LogP contribution in [0.2, 0.25) is 0 Å². The third-order valence-electron chi connectivity index (χ3n) is 5.08. The summed E-state index contributed by atoms with van der Waals surface area (Å²) < 4.78 is 25.6. The van der Waals surface area contributed by atoms with Crippen molar-refractivity contribution in [2.75, 3.05) is 0 Å². The van der Waals surface area contributed by atoms with Gasteiger partial charge in [-0.25, -0.2) is 14.0 Å². The highest BCUT2D eigenvalue weighted by atomic mass is 19.1. The lowest BCUT2D eigenvalue weighted by molar-refractivity contribution is -0.130. The topological polar surface area (TPSA) is 52.6 Å². The Kier molecular flexibility index (Phi) is 6.92. The maximum atomic E-state index is 15.1. The third kappa shape index (κ3) is 5.44. The van der Waals surface area contributed by atoms with Gasteiger partial charge in [0.05, 0.1) is 0 Å². The van der Waals surface area contributed by atoms with Crippen molar-refractivity contribution in [3.63, 3.8) is 0 Å². The first kappa shape index (κ1) is 23.7. The minimum Gasteiger partial charge on any atom is -0.423 e. The fourth-order valence-corrected chi connectivity index (χ4v) is 3.31. The zero-order valence-corrected chi connectivity index (χ0v) is 19.1. The third-order valence-corrected chi connectivity index (χ3v) is 5.08. The van der Waals surface area contributed by atoms with E-state index in [0.29, 0.717) is 39.3 Å². The largest absolute Gasteiger partial charge is 0.423 e. The van der Waals surface area contributed by atoms with Crippen molar-refractivity contribution in [2.45, 2.75) is 27.7 Å². The average Bonchev–Trinajstić information content (AvgIpc) is 2.74. The van der Waals surface area contributed by atoms with Gasteiger partial charge in [0.1, 0.15) is 17.3 Å². The standard InChI is InChI=1S/C28H25FO4/c1-16(2)27(30)32-21-8-11-23(18(5)13-21)20-7-10-25(26(29)15-20)24-12-9-22(14-19(24)6)33-28(31)17(3)4/h7-15H,1,3H2,2,4-6H3. The number of hydrogen-bond acceptors (Lipinski definition) is 4. The average molecular weight is 445 g/mol. The van der Waals surface area contributed by atoms with Gasteiger partial charge < -0.3 is 9.47 Å². The second kappa shape index (κ2) is 9.65. The summed E-state index contributed by atoms with van der Waals surface area (Å²) in [6, 6.07) is 15.3. The van der Waals surface area contributed by atoms with Crippen molar-refractivity contribution in [1.29, 1.82) is 0 Å². The van der Waals surface area contributed by atoms with Crippen LogP contribution in [0.3, 0.4) is 0 Å². The molecule has 0 unspecified atom stereocenters. The Labute approximate surface area is 193 Å². The van der Waals surface area contributed by atoms with Crippen LogP contribution in [0.5, 0.6) is 11.5 Å². The van der Waals surface area contributed by atoms with Crippen molar-refractivity contribution in [2.24, 2.45) is 0 Å². The van der Waals surface area contributed by atoms with Crippen molar-refractivity contribution in [3.05, 3.63) is 95.8 Å². The van der Waals surface area contributed by atoms with E-state index in [1.165, 1.54) is 6.07 Å². The van der Waals surface area contributed by atoms with Gasteiger partial charge in [-0.15, -0.1) is 0 Å². The predicted octanol–water partition coefficient (Wildman–Crippen LogP) is 6.74. The SMILES string of the molecule is C=C(C)C(=O)Oc1ccc(-c2ccc(-c3ccc(OC(=O)C(=C)C)cc3C)c(F)c2)c(C)c1. The van der Waals surface area contributed by atoms with E-state index in [2.05, 4.69) is 13.2 Å². The molecule has 0 heterocycles. The molecular weight excluding hydrogens is 419 g/mol. The van der Waals surface area contributed by atoms with Crippen molar-refractivity contribution >= 4 is 11.9 Å². The zero-order valence-electron chi connectivity index (χ0n) is 19.1. The number of esters is 2. The molecule has 0 aromatic heterocycles. The van der Waals surface area contributed by atoms with E-state index in [4.69, 9.17) is 9.47 Å². The van der Waals surface area contributed by atoms with Gasteiger partial charge in [0.15, 0.2) is 0 Å². The highest BCUT2D eigenvalue weighted by molar-refractivity contribution is 5.89. The molecule has 0 saturated carbocycles. The summed E-state index contributed by atoms with van der Waals surface area (Å²) in [5.74, 6) is -0.588. The quantitative estimate of drug-likeness (QED) is 0.240. The maximum Gasteiger partial charge on any atom is 0.338 e. The van der Waals surface area contributed by atoms with Crippen LogP contribution in [-0.4, -0.2) is 11.9 Å². The molecule has 0 aliphatic heterocycles. The van der Waals surface area contributed by atoms with Crippen LogP contribution in [0.25, 0.3) is 22.3 Å².